The third kappa shape index (κ3) is 10.5. The zero-order chi connectivity index (χ0) is 57.9. The fraction of sp³-hybridized carbons (Fsp3) is 0.190. The van der Waals surface area contributed by atoms with Crippen LogP contribution in [0.4, 0.5) is 22.7 Å². The van der Waals surface area contributed by atoms with E-state index in [1.54, 1.807) is 0 Å². The molecule has 2 nitrogen and oxygen atoms in total. The molecule has 9 aromatic rings. The van der Waals surface area contributed by atoms with Crippen molar-refractivity contribution in [1.29, 1.82) is 0 Å². The molecule has 1 unspecified atom stereocenters. The molecule has 0 saturated heterocycles. The Hall–Kier alpha value is -8.02. The Kier molecular flexibility index (Phi) is 16.2. The van der Waals surface area contributed by atoms with E-state index < -0.39 is 20.1 Å². The Morgan fingerprint density at radius 3 is 1.64 bits per heavy atom. The van der Waals surface area contributed by atoms with Crippen LogP contribution in [0.1, 0.15) is 69.2 Å². The monoisotopic (exact) mass is 1120 g/mol. The number of allylic oxidation sites excluding steroid dienone is 9. The lowest BCUT2D eigenvalue weighted by molar-refractivity contribution is 0.492. The number of anilines is 4. The second-order valence-electron chi connectivity index (χ2n) is 23.7. The number of fused-ring (bicyclic) bond motifs is 3. The first kappa shape index (κ1) is 56.8. The zero-order valence-corrected chi connectivity index (χ0v) is 51.9. The Morgan fingerprint density at radius 2 is 1.06 bits per heavy atom. The van der Waals surface area contributed by atoms with Crippen LogP contribution in [-0.2, 0) is 4.08 Å². The fourth-order valence-corrected chi connectivity index (χ4v) is 23.0. The second kappa shape index (κ2) is 23.7. The predicted octanol–water partition coefficient (Wildman–Crippen LogP) is 22.2. The summed E-state index contributed by atoms with van der Waals surface area (Å²) >= 11 is 0. The molecule has 0 saturated carbocycles. The standard InChI is InChI=1S/C77H74N2S2.C2H6/c1-56-69(53-71(60-38-22-12-23-39-60)78(63-42-26-14-27-43-63)74-55-76(2,62-40-24-13-25-41-62)51-50-66(74)59-36-20-11-21-37-59)77(80(3,4)5,81(6,7)8)70-54-73(67-46-30-31-47-68(67)75(56)70)79(64-44-28-15-29-45-64)72-52-61(57-32-16-9-17-33-57)48-49-65(72)58-34-18-10-19-35-58;1-2/h9-24,26-40,42-50,52-55H,25,41,51H2,1-8H3;1-2H3/b71-53+;. The molecule has 0 heterocycles. The van der Waals surface area contributed by atoms with Gasteiger partial charge in [0.2, 0.25) is 0 Å². The van der Waals surface area contributed by atoms with Gasteiger partial charge in [-0.05, 0) is 168 Å². The molecule has 1 atom stereocenters. The van der Waals surface area contributed by atoms with E-state index in [-0.39, 0.29) is 9.49 Å². The number of nitrogens with zero attached hydrogens (tertiary/aromatic N) is 2. The summed E-state index contributed by atoms with van der Waals surface area (Å²) in [4.78, 5) is 5.20. The summed E-state index contributed by atoms with van der Waals surface area (Å²) < 4.78 is -0.371. The normalized spacial score (nSPS) is 17.1. The molecule has 0 radical (unpaired) electrons. The summed E-state index contributed by atoms with van der Waals surface area (Å²) in [7, 11) is -3.05. The largest absolute Gasteiger partial charge is 0.310 e. The first-order valence-corrected chi connectivity index (χ1v) is 35.2. The summed E-state index contributed by atoms with van der Waals surface area (Å²) in [6.07, 6.45) is 33.4. The van der Waals surface area contributed by atoms with Crippen molar-refractivity contribution in [2.75, 3.05) is 47.3 Å². The van der Waals surface area contributed by atoms with E-state index in [0.717, 1.165) is 42.0 Å². The molecular formula is C79H80N2S2. The van der Waals surface area contributed by atoms with Crippen molar-refractivity contribution in [3.05, 3.63) is 306 Å². The molecule has 418 valence electrons. The molecule has 3 aliphatic rings. The van der Waals surface area contributed by atoms with Crippen molar-refractivity contribution in [1.82, 2.24) is 0 Å². The zero-order valence-electron chi connectivity index (χ0n) is 50.2. The fourth-order valence-electron chi connectivity index (χ4n) is 13.6. The van der Waals surface area contributed by atoms with Crippen molar-refractivity contribution < 1.29 is 0 Å². The number of rotatable bonds is 14. The topological polar surface area (TPSA) is 6.48 Å². The maximum absolute atomic E-state index is 2.67. The van der Waals surface area contributed by atoms with E-state index >= 15 is 0 Å². The van der Waals surface area contributed by atoms with Crippen LogP contribution in [0.15, 0.2) is 284 Å². The van der Waals surface area contributed by atoms with Crippen LogP contribution < -0.4 is 9.80 Å². The van der Waals surface area contributed by atoms with Gasteiger partial charge in [0.05, 0.1) is 26.8 Å². The van der Waals surface area contributed by atoms with E-state index in [1.165, 1.54) is 89.0 Å². The molecule has 9 aromatic carbocycles. The summed E-state index contributed by atoms with van der Waals surface area (Å²) in [6.45, 7) is 8.91. The summed E-state index contributed by atoms with van der Waals surface area (Å²) in [5.74, 6) is 0. The predicted molar refractivity (Wildman–Crippen MR) is 371 cm³/mol. The molecular weight excluding hydrogens is 1040 g/mol. The van der Waals surface area contributed by atoms with Crippen LogP contribution in [-0.4, -0.2) is 37.5 Å². The van der Waals surface area contributed by atoms with Gasteiger partial charge in [0.15, 0.2) is 0 Å². The van der Waals surface area contributed by atoms with Gasteiger partial charge < -0.3 is 9.80 Å². The minimum Gasteiger partial charge on any atom is -0.310 e. The highest BCUT2D eigenvalue weighted by molar-refractivity contribution is 8.48. The van der Waals surface area contributed by atoms with Crippen LogP contribution in [0, 0.1) is 5.41 Å². The molecule has 0 aromatic heterocycles. The molecule has 0 fully saturated rings. The van der Waals surface area contributed by atoms with Crippen molar-refractivity contribution in [3.63, 3.8) is 0 Å². The number of benzene rings is 9. The molecule has 3 aliphatic carbocycles. The van der Waals surface area contributed by atoms with Crippen LogP contribution in [0.3, 0.4) is 0 Å². The van der Waals surface area contributed by atoms with Crippen molar-refractivity contribution in [2.24, 2.45) is 5.41 Å². The van der Waals surface area contributed by atoms with Gasteiger partial charge in [-0.3, -0.25) is 0 Å². The second-order valence-corrected chi connectivity index (χ2v) is 32.5. The average Bonchev–Trinajstić information content (AvgIpc) is 2.42. The number of hydrogen-bond acceptors (Lipinski definition) is 2. The van der Waals surface area contributed by atoms with Gasteiger partial charge in [-0.1, -0.05) is 245 Å². The first-order chi connectivity index (χ1) is 40.3. The SMILES string of the molecule is CC.CC1=C(/C=C(\c2ccccc2)N(C2=CC(C)(C3=CC=CCC3)CC=C2c2ccccc2)c2ccccc2)C(S(C)(C)C)(S(C)(C)C)c2cc(N(c3ccccc3)c3cc(-c4ccccc4)ccc3-c3ccccc3)c3ccccc3c21. The quantitative estimate of drug-likeness (QED) is 0.107. The lowest BCUT2D eigenvalue weighted by atomic mass is 9.71. The Labute approximate surface area is 499 Å². The highest BCUT2D eigenvalue weighted by atomic mass is 32.3. The minimum absolute atomic E-state index is 0.193. The third-order valence-electron chi connectivity index (χ3n) is 17.1. The molecule has 0 spiro atoms. The van der Waals surface area contributed by atoms with E-state index in [0.29, 0.717) is 0 Å². The molecule has 83 heavy (non-hydrogen) atoms. The lowest BCUT2D eigenvalue weighted by Gasteiger charge is -2.59. The molecule has 0 N–H and O–H groups in total. The molecule has 12 rings (SSSR count). The highest BCUT2D eigenvalue weighted by Gasteiger charge is 2.55. The molecule has 0 aliphatic heterocycles. The summed E-state index contributed by atoms with van der Waals surface area (Å²) in [6, 6.07) is 85.4. The van der Waals surface area contributed by atoms with Gasteiger partial charge in [-0.15, -0.1) is 0 Å². The summed E-state index contributed by atoms with van der Waals surface area (Å²) in [5.41, 5.74) is 22.1. The van der Waals surface area contributed by atoms with E-state index in [4.69, 9.17) is 0 Å². The Morgan fingerprint density at radius 1 is 0.530 bits per heavy atom. The highest BCUT2D eigenvalue weighted by Crippen LogP contribution is 2.80. The van der Waals surface area contributed by atoms with Gasteiger partial charge in [0.25, 0.3) is 0 Å². The van der Waals surface area contributed by atoms with Crippen LogP contribution in [0.5, 0.6) is 0 Å². The van der Waals surface area contributed by atoms with E-state index in [9.17, 15) is 0 Å². The maximum atomic E-state index is 2.67. The van der Waals surface area contributed by atoms with Crippen LogP contribution in [0.2, 0.25) is 0 Å². The average molecular weight is 1120 g/mol. The number of hydrogen-bond donors (Lipinski definition) is 0. The Balaban J connectivity index is 0.00000357. The van der Waals surface area contributed by atoms with Crippen molar-refractivity contribution in [3.8, 4) is 22.3 Å². The van der Waals surface area contributed by atoms with Gasteiger partial charge in [-0.2, -0.15) is 0 Å². The van der Waals surface area contributed by atoms with Crippen molar-refractivity contribution in [2.45, 2.75) is 51.0 Å². The molecule has 0 bridgehead atoms. The smallest absolute Gasteiger partial charge is 0.0809 e. The van der Waals surface area contributed by atoms with Crippen LogP contribution in [0.25, 0.3) is 49.9 Å². The summed E-state index contributed by atoms with van der Waals surface area (Å²) in [5, 5.41) is 2.50. The number of para-hydroxylation sites is 2. The van der Waals surface area contributed by atoms with Gasteiger partial charge in [0.1, 0.15) is 0 Å². The van der Waals surface area contributed by atoms with Gasteiger partial charge in [-0.25, -0.2) is 20.1 Å². The maximum Gasteiger partial charge on any atom is 0.0809 e. The molecule has 4 heteroatoms. The molecule has 0 amide bonds. The Bertz CT molecular complexity index is 3960. The lowest BCUT2D eigenvalue weighted by Crippen LogP contribution is -2.37. The van der Waals surface area contributed by atoms with Crippen LogP contribution >= 0.6 is 20.1 Å². The first-order valence-electron chi connectivity index (χ1n) is 29.5. The van der Waals surface area contributed by atoms with Gasteiger partial charge in [0, 0.05) is 33.3 Å². The van der Waals surface area contributed by atoms with Gasteiger partial charge >= 0.3 is 0 Å². The minimum atomic E-state index is -1.52. The third-order valence-corrected chi connectivity index (χ3v) is 24.4. The van der Waals surface area contributed by atoms with E-state index in [1.807, 2.05) is 13.8 Å². The van der Waals surface area contributed by atoms with E-state index in [2.05, 4.69) is 328 Å². The van der Waals surface area contributed by atoms with Crippen molar-refractivity contribution >= 4 is 70.4 Å².